The number of ether oxygens (including phenoxy) is 1. The van der Waals surface area contributed by atoms with Gasteiger partial charge in [0.05, 0.1) is 31.1 Å². The zero-order chi connectivity index (χ0) is 40.6. The predicted molar refractivity (Wildman–Crippen MR) is 230 cm³/mol. The van der Waals surface area contributed by atoms with E-state index >= 15 is 0 Å². The van der Waals surface area contributed by atoms with Crippen molar-refractivity contribution in [2.45, 2.75) is 132 Å². The molecule has 11 nitrogen and oxygen atoms in total. The molecule has 11 heteroatoms. The number of hydrogen-bond donors (Lipinski definition) is 3. The second kappa shape index (κ2) is 16.9. The van der Waals surface area contributed by atoms with Crippen LogP contribution in [0.25, 0.3) is 11.3 Å². The molecule has 2 bridgehead atoms. The summed E-state index contributed by atoms with van der Waals surface area (Å²) < 4.78 is 4.92. The van der Waals surface area contributed by atoms with Gasteiger partial charge in [0.2, 0.25) is 5.91 Å². The molecule has 4 unspecified atom stereocenters. The Hall–Kier alpha value is -4.48. The highest BCUT2D eigenvalue weighted by molar-refractivity contribution is 5.84. The number of aromatic amines is 2. The minimum Gasteiger partial charge on any atom is -0.453 e. The monoisotopic (exact) mass is 801 g/mol. The molecule has 3 aliphatic heterocycles. The highest BCUT2D eigenvalue weighted by atomic mass is 16.5. The summed E-state index contributed by atoms with van der Waals surface area (Å²) in [5.41, 5.74) is 6.41. The summed E-state index contributed by atoms with van der Waals surface area (Å²) in [4.78, 5) is 50.9. The molecule has 3 N–H and O–H groups in total. The van der Waals surface area contributed by atoms with Gasteiger partial charge in [0, 0.05) is 36.4 Å². The number of benzene rings is 2. The molecule has 10 rings (SSSR count). The van der Waals surface area contributed by atoms with E-state index in [1.807, 2.05) is 12.3 Å². The zero-order valence-corrected chi connectivity index (χ0v) is 35.4. The number of likely N-dealkylation sites (tertiary alicyclic amines) is 3. The van der Waals surface area contributed by atoms with E-state index in [0.29, 0.717) is 5.92 Å². The van der Waals surface area contributed by atoms with Crippen molar-refractivity contribution >= 4 is 12.0 Å². The number of aromatic nitrogens is 4. The maximum absolute atomic E-state index is 14.4. The summed E-state index contributed by atoms with van der Waals surface area (Å²) in [6.07, 6.45) is 18.5. The number of fused-ring (bicyclic) bond motifs is 3. The highest BCUT2D eigenvalue weighted by Crippen LogP contribution is 2.58. The van der Waals surface area contributed by atoms with Crippen molar-refractivity contribution in [1.82, 2.24) is 40.0 Å². The van der Waals surface area contributed by atoms with E-state index in [0.717, 1.165) is 99.7 Å². The zero-order valence-electron chi connectivity index (χ0n) is 35.4. The van der Waals surface area contributed by atoms with Gasteiger partial charge in [-0.1, -0.05) is 74.9 Å². The summed E-state index contributed by atoms with van der Waals surface area (Å²) >= 11 is 0. The number of piperidine rings is 1. The second-order valence-corrected chi connectivity index (χ2v) is 18.7. The Morgan fingerprint density at radius 1 is 0.780 bits per heavy atom. The number of hydrogen-bond acceptors (Lipinski definition) is 7. The van der Waals surface area contributed by atoms with E-state index in [-0.39, 0.29) is 47.0 Å². The van der Waals surface area contributed by atoms with E-state index in [4.69, 9.17) is 14.7 Å². The number of methoxy groups -OCH3 is 1. The Bertz CT molecular complexity index is 2030. The highest BCUT2D eigenvalue weighted by Gasteiger charge is 2.51. The quantitative estimate of drug-likeness (QED) is 0.131. The van der Waals surface area contributed by atoms with Crippen molar-refractivity contribution in [3.63, 3.8) is 0 Å². The first-order valence-electron chi connectivity index (χ1n) is 22.7. The minimum atomic E-state index is -0.367. The standard InChI is InChI=1S/C48H64N8O3/c1-33(2)38(52-46(58)59-3)32-55-28-10-14-39(55)43-50-31-41(53-43)48-23-20-47(21-24-48,22-25-48)36-18-16-34(17-19-36)37-30-49-44(51-37)40-15-11-29-56(40)45(57)42(35-12-6-4-7-13-35)54-26-8-5-9-27-54/h4,6-7,12-13,16-19,30-31,33,38-40,42H,5,8-11,14-15,20-29,32H2,1-3H3,(H,49,51)(H,50,53)(H,52,58). The fourth-order valence-electron chi connectivity index (χ4n) is 11.5. The van der Waals surface area contributed by atoms with Crippen LogP contribution >= 0.6 is 0 Å². The lowest BCUT2D eigenvalue weighted by Crippen LogP contribution is -2.47. The molecule has 6 fully saturated rings. The van der Waals surface area contributed by atoms with Gasteiger partial charge >= 0.3 is 6.09 Å². The van der Waals surface area contributed by atoms with Gasteiger partial charge in [0.15, 0.2) is 0 Å². The third-order valence-electron chi connectivity index (χ3n) is 15.2. The Balaban J connectivity index is 0.844. The number of nitrogens with zero attached hydrogens (tertiary/aromatic N) is 5. The molecule has 5 heterocycles. The number of nitrogens with one attached hydrogen (secondary N) is 3. The van der Waals surface area contributed by atoms with Crippen LogP contribution in [0.3, 0.4) is 0 Å². The maximum Gasteiger partial charge on any atom is 0.407 e. The van der Waals surface area contributed by atoms with Gasteiger partial charge in [-0.3, -0.25) is 14.6 Å². The Labute approximate surface area is 350 Å². The lowest BCUT2D eigenvalue weighted by atomic mass is 9.51. The number of imidazole rings is 2. The lowest BCUT2D eigenvalue weighted by molar-refractivity contribution is -0.139. The molecule has 6 aliphatic rings. The summed E-state index contributed by atoms with van der Waals surface area (Å²) in [5.74, 6) is 2.48. The number of carbonyl (C=O) groups is 2. The van der Waals surface area contributed by atoms with Crippen molar-refractivity contribution in [2.24, 2.45) is 5.92 Å². The summed E-state index contributed by atoms with van der Waals surface area (Å²) in [6, 6.07) is 19.7. The smallest absolute Gasteiger partial charge is 0.407 e. The SMILES string of the molecule is COC(=O)NC(CN1CCCC1c1ncc(C23CCC(c4ccc(-c5cnc(C6CCCN6C(=O)C(c6ccccc6)N6CCCCC6)[nH]5)cc4)(CC2)CC3)[nH]1)C(C)C. The molecule has 314 valence electrons. The van der Waals surface area contributed by atoms with Gasteiger partial charge in [-0.15, -0.1) is 0 Å². The molecule has 59 heavy (non-hydrogen) atoms. The Morgan fingerprint density at radius 3 is 2.15 bits per heavy atom. The number of amides is 2. The first-order chi connectivity index (χ1) is 28.8. The molecule has 3 aliphatic carbocycles. The third kappa shape index (κ3) is 7.85. The predicted octanol–water partition coefficient (Wildman–Crippen LogP) is 8.75. The Morgan fingerprint density at radius 2 is 1.44 bits per heavy atom. The number of carbonyl (C=O) groups excluding carboxylic acids is 2. The average molecular weight is 801 g/mol. The normalized spacial score (nSPS) is 27.3. The largest absolute Gasteiger partial charge is 0.453 e. The van der Waals surface area contributed by atoms with Gasteiger partial charge in [0.1, 0.15) is 17.7 Å². The molecule has 3 saturated heterocycles. The van der Waals surface area contributed by atoms with Gasteiger partial charge in [-0.05, 0) is 125 Å². The molecule has 2 aromatic heterocycles. The fourth-order valence-corrected chi connectivity index (χ4v) is 11.5. The second-order valence-electron chi connectivity index (χ2n) is 18.7. The van der Waals surface area contributed by atoms with Crippen LogP contribution in [-0.2, 0) is 20.4 Å². The number of rotatable bonds is 12. The van der Waals surface area contributed by atoms with E-state index in [2.05, 4.69) is 98.6 Å². The molecular weight excluding hydrogens is 737 g/mol. The van der Waals surface area contributed by atoms with Crippen LogP contribution in [0.1, 0.15) is 144 Å². The lowest BCUT2D eigenvalue weighted by Gasteiger charge is -2.53. The van der Waals surface area contributed by atoms with Gasteiger partial charge < -0.3 is 24.9 Å². The van der Waals surface area contributed by atoms with Crippen LogP contribution in [0.15, 0.2) is 67.0 Å². The molecule has 2 aromatic carbocycles. The fraction of sp³-hybridized carbons (Fsp3) is 0.583. The molecule has 0 radical (unpaired) electrons. The molecule has 0 spiro atoms. The summed E-state index contributed by atoms with van der Waals surface area (Å²) in [5, 5.41) is 3.05. The summed E-state index contributed by atoms with van der Waals surface area (Å²) in [7, 11) is 1.43. The average Bonchev–Trinajstić information content (AvgIpc) is 4.13. The first-order valence-corrected chi connectivity index (χ1v) is 22.7. The van der Waals surface area contributed by atoms with E-state index < -0.39 is 0 Å². The van der Waals surface area contributed by atoms with Crippen LogP contribution in [0.4, 0.5) is 4.79 Å². The maximum atomic E-state index is 14.4. The number of H-pyrrole nitrogens is 2. The summed E-state index contributed by atoms with van der Waals surface area (Å²) in [6.45, 7) is 8.81. The first kappa shape index (κ1) is 40.0. The van der Waals surface area contributed by atoms with Crippen LogP contribution in [0.2, 0.25) is 0 Å². The molecule has 4 atom stereocenters. The van der Waals surface area contributed by atoms with Crippen molar-refractivity contribution < 1.29 is 14.3 Å². The van der Waals surface area contributed by atoms with Crippen LogP contribution in [-0.4, -0.2) is 92.5 Å². The van der Waals surface area contributed by atoms with Crippen molar-refractivity contribution in [1.29, 1.82) is 0 Å². The van der Waals surface area contributed by atoms with Crippen LogP contribution < -0.4 is 5.32 Å². The van der Waals surface area contributed by atoms with Gasteiger partial charge in [-0.25, -0.2) is 14.8 Å². The van der Waals surface area contributed by atoms with Gasteiger partial charge in [-0.2, -0.15) is 0 Å². The molecule has 4 aromatic rings. The number of alkyl carbamates (subject to hydrolysis) is 1. The van der Waals surface area contributed by atoms with Gasteiger partial charge in [0.25, 0.3) is 0 Å². The van der Waals surface area contributed by atoms with Crippen LogP contribution in [0.5, 0.6) is 0 Å². The van der Waals surface area contributed by atoms with Crippen molar-refractivity contribution in [3.05, 3.63) is 95.5 Å². The van der Waals surface area contributed by atoms with E-state index in [1.165, 1.54) is 63.3 Å². The topological polar surface area (TPSA) is 122 Å². The third-order valence-corrected chi connectivity index (χ3v) is 15.2. The Kier molecular flexibility index (Phi) is 11.4. The van der Waals surface area contributed by atoms with E-state index in [9.17, 15) is 9.59 Å². The minimum absolute atomic E-state index is 0.0228. The van der Waals surface area contributed by atoms with Crippen LogP contribution in [0, 0.1) is 5.92 Å². The molecule has 2 amide bonds. The van der Waals surface area contributed by atoms with Crippen molar-refractivity contribution in [2.75, 3.05) is 39.8 Å². The van der Waals surface area contributed by atoms with E-state index in [1.54, 1.807) is 0 Å². The molecular formula is C48H64N8O3. The molecule has 3 saturated carbocycles. The van der Waals surface area contributed by atoms with Crippen molar-refractivity contribution in [3.8, 4) is 11.3 Å².